The minimum atomic E-state index is 0.0361. The van der Waals surface area contributed by atoms with Crippen molar-refractivity contribution in [2.24, 2.45) is 11.8 Å². The molecule has 1 aliphatic carbocycles. The van der Waals surface area contributed by atoms with E-state index in [-0.39, 0.29) is 17.9 Å². The first kappa shape index (κ1) is 17.6. The molecule has 5 rings (SSSR count). The minimum Gasteiger partial charge on any atom is -0.478 e. The summed E-state index contributed by atoms with van der Waals surface area (Å²) in [6.45, 7) is 0.665. The third-order valence-corrected chi connectivity index (χ3v) is 6.06. The summed E-state index contributed by atoms with van der Waals surface area (Å²) in [5.41, 5.74) is 3.82. The van der Waals surface area contributed by atoms with E-state index in [1.165, 1.54) is 0 Å². The topological polar surface area (TPSA) is 71.1 Å². The Morgan fingerprint density at radius 3 is 2.86 bits per heavy atom. The van der Waals surface area contributed by atoms with Crippen molar-refractivity contribution in [2.45, 2.75) is 25.3 Å². The van der Waals surface area contributed by atoms with Crippen molar-refractivity contribution < 1.29 is 9.53 Å². The van der Waals surface area contributed by atoms with Gasteiger partial charge < -0.3 is 14.6 Å². The Hall–Kier alpha value is -2.46. The second-order valence-corrected chi connectivity index (χ2v) is 8.12. The number of amides is 1. The molecule has 0 radical (unpaired) electrons. The fraction of sp³-hybridized carbons (Fsp3) is 0.381. The zero-order chi connectivity index (χ0) is 19.1. The van der Waals surface area contributed by atoms with Gasteiger partial charge in [0.1, 0.15) is 0 Å². The lowest BCUT2D eigenvalue weighted by Crippen LogP contribution is -2.56. The van der Waals surface area contributed by atoms with Gasteiger partial charge in [-0.05, 0) is 55.1 Å². The molecular weight excluding hydrogens is 371 g/mol. The van der Waals surface area contributed by atoms with Gasteiger partial charge >= 0.3 is 0 Å². The molecule has 1 saturated heterocycles. The summed E-state index contributed by atoms with van der Waals surface area (Å²) < 4.78 is 5.68. The summed E-state index contributed by atoms with van der Waals surface area (Å²) >= 11 is 0. The Balaban J connectivity index is 1.43. The third-order valence-electron chi connectivity index (χ3n) is 5.65. The number of carbonyl (C=O) groups is 1. The van der Waals surface area contributed by atoms with Gasteiger partial charge in [-0.25, -0.2) is 9.97 Å². The van der Waals surface area contributed by atoms with Crippen molar-refractivity contribution >= 4 is 31.9 Å². The minimum absolute atomic E-state index is 0.0361. The highest BCUT2D eigenvalue weighted by Gasteiger charge is 2.55. The van der Waals surface area contributed by atoms with Crippen LogP contribution in [0.15, 0.2) is 42.9 Å². The van der Waals surface area contributed by atoms with Crippen LogP contribution in [0.2, 0.25) is 0 Å². The molecule has 2 aromatic heterocycles. The molecule has 3 aromatic rings. The number of aromatic amines is 1. The lowest BCUT2D eigenvalue weighted by Gasteiger charge is -2.47. The standard InChI is InChI=1S/C21H23N4O2P/c26-21-19(13-2-3-13)20(14-4-7-18(22-11-14)27-8-1-9-28)25(21)15-5-6-16-17(10-15)24-12-23-16/h4-7,10-13,19-20H,1-3,8-9,28H2,(H,23,24). The van der Waals surface area contributed by atoms with Crippen molar-refractivity contribution in [3.05, 3.63) is 48.4 Å². The van der Waals surface area contributed by atoms with Crippen LogP contribution in [-0.4, -0.2) is 33.6 Å². The van der Waals surface area contributed by atoms with Crippen molar-refractivity contribution in [1.29, 1.82) is 0 Å². The largest absolute Gasteiger partial charge is 0.478 e. The number of nitrogens with zero attached hydrogens (tertiary/aromatic N) is 3. The van der Waals surface area contributed by atoms with E-state index in [0.29, 0.717) is 18.4 Å². The molecule has 1 N–H and O–H groups in total. The summed E-state index contributed by atoms with van der Waals surface area (Å²) in [4.78, 5) is 26.8. The Kier molecular flexibility index (Phi) is 4.52. The van der Waals surface area contributed by atoms with Gasteiger partial charge in [-0.2, -0.15) is 0 Å². The Bertz CT molecular complexity index is 999. The first-order valence-corrected chi connectivity index (χ1v) is 10.6. The Morgan fingerprint density at radius 2 is 2.11 bits per heavy atom. The molecule has 6 nitrogen and oxygen atoms in total. The SMILES string of the molecule is O=C1C(C2CC2)C(c2ccc(OCCCP)nc2)N1c1ccc2nc[nH]c2c1. The van der Waals surface area contributed by atoms with Gasteiger partial charge in [0.2, 0.25) is 11.8 Å². The van der Waals surface area contributed by atoms with Crippen LogP contribution < -0.4 is 9.64 Å². The number of rotatable bonds is 7. The number of nitrogens with one attached hydrogen (secondary N) is 1. The fourth-order valence-corrected chi connectivity index (χ4v) is 4.22. The van der Waals surface area contributed by atoms with E-state index in [2.05, 4.69) is 30.3 Å². The fourth-order valence-electron chi connectivity index (χ4n) is 4.06. The van der Waals surface area contributed by atoms with Gasteiger partial charge in [-0.1, -0.05) is 6.07 Å². The highest BCUT2D eigenvalue weighted by atomic mass is 31.0. The molecule has 0 spiro atoms. The number of benzene rings is 1. The molecule has 3 atom stereocenters. The smallest absolute Gasteiger partial charge is 0.233 e. The van der Waals surface area contributed by atoms with Gasteiger partial charge in [0.05, 0.1) is 35.9 Å². The number of carbonyl (C=O) groups excluding carboxylic acids is 1. The first-order valence-electron chi connectivity index (χ1n) is 9.81. The van der Waals surface area contributed by atoms with Crippen LogP contribution in [0, 0.1) is 11.8 Å². The average molecular weight is 394 g/mol. The first-order chi connectivity index (χ1) is 13.8. The quantitative estimate of drug-likeness (QED) is 0.377. The number of hydrogen-bond acceptors (Lipinski definition) is 4. The second-order valence-electron chi connectivity index (χ2n) is 7.54. The molecule has 7 heteroatoms. The van der Waals surface area contributed by atoms with E-state index in [9.17, 15) is 4.79 Å². The van der Waals surface area contributed by atoms with E-state index in [0.717, 1.165) is 47.7 Å². The van der Waals surface area contributed by atoms with E-state index >= 15 is 0 Å². The van der Waals surface area contributed by atoms with Gasteiger partial charge in [0.15, 0.2) is 0 Å². The number of ether oxygens (including phenoxy) is 1. The maximum absolute atomic E-state index is 13.0. The molecular formula is C21H23N4O2P. The zero-order valence-electron chi connectivity index (χ0n) is 15.5. The molecule has 0 bridgehead atoms. The number of β-lactam (4-membered cyclic amide) rings is 1. The van der Waals surface area contributed by atoms with Crippen LogP contribution in [0.5, 0.6) is 5.88 Å². The molecule has 1 aliphatic heterocycles. The van der Waals surface area contributed by atoms with Crippen LogP contribution in [0.4, 0.5) is 5.69 Å². The van der Waals surface area contributed by atoms with Crippen molar-refractivity contribution in [2.75, 3.05) is 17.7 Å². The predicted octanol–water partition coefficient (Wildman–Crippen LogP) is 3.72. The van der Waals surface area contributed by atoms with Crippen LogP contribution in [-0.2, 0) is 4.79 Å². The number of hydrogen-bond donors (Lipinski definition) is 1. The molecule has 3 heterocycles. The van der Waals surface area contributed by atoms with Gasteiger partial charge in [-0.15, -0.1) is 9.24 Å². The van der Waals surface area contributed by atoms with Crippen LogP contribution in [0.25, 0.3) is 11.0 Å². The van der Waals surface area contributed by atoms with Crippen molar-refractivity contribution in [3.63, 3.8) is 0 Å². The third kappa shape index (κ3) is 3.06. The van der Waals surface area contributed by atoms with E-state index in [1.807, 2.05) is 35.4 Å². The van der Waals surface area contributed by atoms with Crippen molar-refractivity contribution in [3.8, 4) is 5.88 Å². The van der Waals surface area contributed by atoms with E-state index < -0.39 is 0 Å². The number of H-pyrrole nitrogens is 1. The highest BCUT2D eigenvalue weighted by Crippen LogP contribution is 2.53. The normalized spacial score (nSPS) is 21.8. The van der Waals surface area contributed by atoms with Crippen LogP contribution in [0.3, 0.4) is 0 Å². The highest BCUT2D eigenvalue weighted by molar-refractivity contribution is 7.16. The van der Waals surface area contributed by atoms with Gasteiger partial charge in [0.25, 0.3) is 0 Å². The number of pyridine rings is 1. The van der Waals surface area contributed by atoms with Gasteiger partial charge in [0, 0.05) is 18.0 Å². The molecule has 1 aromatic carbocycles. The predicted molar refractivity (Wildman–Crippen MR) is 111 cm³/mol. The van der Waals surface area contributed by atoms with Crippen LogP contribution in [0.1, 0.15) is 30.9 Å². The molecule has 2 aliphatic rings. The monoisotopic (exact) mass is 394 g/mol. The van der Waals surface area contributed by atoms with E-state index in [1.54, 1.807) is 6.33 Å². The molecule has 28 heavy (non-hydrogen) atoms. The number of fused-ring (bicyclic) bond motifs is 1. The van der Waals surface area contributed by atoms with Gasteiger partial charge in [-0.3, -0.25) is 4.79 Å². The molecule has 1 amide bonds. The summed E-state index contributed by atoms with van der Waals surface area (Å²) in [7, 11) is 2.70. The number of imidazole rings is 1. The summed E-state index contributed by atoms with van der Waals surface area (Å²) in [5.74, 6) is 1.42. The lowest BCUT2D eigenvalue weighted by atomic mass is 9.79. The molecule has 1 saturated carbocycles. The zero-order valence-corrected chi connectivity index (χ0v) is 16.7. The lowest BCUT2D eigenvalue weighted by molar-refractivity contribution is -0.131. The maximum Gasteiger partial charge on any atom is 0.233 e. The van der Waals surface area contributed by atoms with Crippen LogP contribution >= 0.6 is 9.24 Å². The summed E-state index contributed by atoms with van der Waals surface area (Å²) in [6.07, 6.45) is 7.83. The average Bonchev–Trinajstić information content (AvgIpc) is 3.42. The Morgan fingerprint density at radius 1 is 1.21 bits per heavy atom. The number of aromatic nitrogens is 3. The van der Waals surface area contributed by atoms with E-state index in [4.69, 9.17) is 4.74 Å². The Labute approximate surface area is 165 Å². The molecule has 3 unspecified atom stereocenters. The molecule has 2 fully saturated rings. The number of anilines is 1. The van der Waals surface area contributed by atoms with Crippen molar-refractivity contribution in [1.82, 2.24) is 15.0 Å². The molecule has 144 valence electrons. The summed E-state index contributed by atoms with van der Waals surface area (Å²) in [5, 5.41) is 0. The second kappa shape index (κ2) is 7.17. The maximum atomic E-state index is 13.0. The summed E-state index contributed by atoms with van der Waals surface area (Å²) in [6, 6.07) is 9.94.